The van der Waals surface area contributed by atoms with E-state index in [1.165, 1.54) is 5.90 Å². The smallest absolute Gasteiger partial charge is 0.000478 e. The molecule has 0 radical (unpaired) electrons. The van der Waals surface area contributed by atoms with Crippen LogP contribution in [0.25, 0.3) is 0 Å². The second kappa shape index (κ2) is 5.56. The van der Waals surface area contributed by atoms with Crippen LogP contribution in [0.4, 0.5) is 0 Å². The molecule has 0 aliphatic rings. The van der Waals surface area contributed by atoms with Crippen LogP contribution in [0.2, 0.25) is 0 Å². The maximum absolute atomic E-state index is 3.99. The van der Waals surface area contributed by atoms with Crippen LogP contribution in [-0.2, 0) is 0 Å². The van der Waals surface area contributed by atoms with Crippen molar-refractivity contribution in [3.05, 3.63) is 0 Å². The van der Waals surface area contributed by atoms with Crippen molar-refractivity contribution in [2.75, 3.05) is 5.90 Å². The molecule has 0 aromatic rings. The van der Waals surface area contributed by atoms with E-state index < -0.39 is 0 Å². The summed E-state index contributed by atoms with van der Waals surface area (Å²) in [7, 11) is 1.58. The summed E-state index contributed by atoms with van der Waals surface area (Å²) in [5, 5.41) is 0. The van der Waals surface area contributed by atoms with Crippen molar-refractivity contribution in [1.29, 1.82) is 0 Å². The fraction of sp³-hybridized carbons (Fsp3) is 1.00. The summed E-state index contributed by atoms with van der Waals surface area (Å²) >= 11 is 7.97. The van der Waals surface area contributed by atoms with Crippen molar-refractivity contribution >= 4 is 40.1 Å². The maximum atomic E-state index is 3.99. The predicted molar refractivity (Wildman–Crippen MR) is 39.5 cm³/mol. The third-order valence-corrected chi connectivity index (χ3v) is 4.27. The highest BCUT2D eigenvalue weighted by molar-refractivity contribution is 8.45. The molecule has 0 nitrogen and oxygen atoms in total. The van der Waals surface area contributed by atoms with Gasteiger partial charge >= 0.3 is 0 Å². The zero-order chi connectivity index (χ0) is 4.12. The van der Waals surface area contributed by atoms with Gasteiger partial charge in [0.2, 0.25) is 0 Å². The minimum Gasteiger partial charge on any atom is -0.154 e. The molecule has 0 aromatic heterocycles. The second-order valence-corrected chi connectivity index (χ2v) is 4.44. The van der Waals surface area contributed by atoms with Gasteiger partial charge in [-0.3, -0.25) is 0 Å². The fourth-order valence-electron chi connectivity index (χ4n) is 0.0354. The first-order chi connectivity index (χ1) is 2.41. The summed E-state index contributed by atoms with van der Waals surface area (Å²) in [6.07, 6.45) is 0. The van der Waals surface area contributed by atoms with Gasteiger partial charge in [-0.1, -0.05) is 15.6 Å². The number of thiol groups is 2. The highest BCUT2D eigenvalue weighted by Crippen LogP contribution is 2.28. The van der Waals surface area contributed by atoms with Crippen LogP contribution in [0, 0.1) is 0 Å². The minimum atomic E-state index is 0.788. The molecule has 0 rings (SSSR count). The molecule has 0 saturated carbocycles. The molecule has 2 unspecified atom stereocenters. The lowest BCUT2D eigenvalue weighted by molar-refractivity contribution is 2.30. The van der Waals surface area contributed by atoms with Gasteiger partial charge in [0, 0.05) is 5.90 Å². The van der Waals surface area contributed by atoms with Gasteiger partial charge in [0.1, 0.15) is 0 Å². The van der Waals surface area contributed by atoms with Gasteiger partial charge in [0.05, 0.1) is 0 Å². The molecule has 0 N–H and O–H groups in total. The molecular formula is CH6P2S2. The molecular weight excluding hydrogens is 138 g/mol. The minimum absolute atomic E-state index is 0.788. The van der Waals surface area contributed by atoms with E-state index in [1.807, 2.05) is 0 Å². The van der Waals surface area contributed by atoms with Crippen LogP contribution in [0.15, 0.2) is 0 Å². The van der Waals surface area contributed by atoms with E-state index in [2.05, 4.69) is 24.5 Å². The maximum Gasteiger partial charge on any atom is 0.000478 e. The first-order valence-corrected chi connectivity index (χ1v) is 6.15. The molecule has 0 amide bonds. The van der Waals surface area contributed by atoms with Crippen molar-refractivity contribution in [3.63, 3.8) is 0 Å². The van der Waals surface area contributed by atoms with E-state index in [4.69, 9.17) is 0 Å². The molecule has 0 spiro atoms. The molecule has 0 bridgehead atoms. The van der Waals surface area contributed by atoms with Crippen LogP contribution < -0.4 is 0 Å². The Kier molecular flexibility index (Phi) is 7.29. The van der Waals surface area contributed by atoms with E-state index >= 15 is 0 Å². The van der Waals surface area contributed by atoms with Gasteiger partial charge < -0.3 is 0 Å². The summed E-state index contributed by atoms with van der Waals surface area (Å²) in [4.78, 5) is 0. The van der Waals surface area contributed by atoms with Crippen molar-refractivity contribution in [3.8, 4) is 0 Å². The standard InChI is InChI=1S/CH6P2S2/c4-2-1-3-5/h2-5H,1H2. The molecule has 2 atom stereocenters. The third kappa shape index (κ3) is 5.56. The fourth-order valence-corrected chi connectivity index (χ4v) is 2.86. The number of hydrogen-bond donors (Lipinski definition) is 2. The van der Waals surface area contributed by atoms with Gasteiger partial charge in [0.15, 0.2) is 0 Å². The molecule has 0 heterocycles. The largest absolute Gasteiger partial charge is 0.154 e. The first-order valence-electron chi connectivity index (χ1n) is 1.15. The lowest BCUT2D eigenvalue weighted by Gasteiger charge is -1.79. The van der Waals surface area contributed by atoms with Gasteiger partial charge in [-0.2, -0.15) is 24.5 Å². The zero-order valence-corrected chi connectivity index (χ0v) is 6.39. The Morgan fingerprint density at radius 1 is 1.20 bits per heavy atom. The monoisotopic (exact) mass is 144 g/mol. The lowest BCUT2D eigenvalue weighted by Crippen LogP contribution is -1.36. The van der Waals surface area contributed by atoms with Crippen molar-refractivity contribution in [1.82, 2.24) is 0 Å². The Hall–Kier alpha value is 1.56. The molecule has 0 fully saturated rings. The zero-order valence-electron chi connectivity index (χ0n) is 2.60. The molecule has 0 aliphatic carbocycles. The Bertz CT molecular complexity index is 15.1. The van der Waals surface area contributed by atoms with Crippen molar-refractivity contribution in [2.45, 2.75) is 0 Å². The van der Waals surface area contributed by atoms with E-state index in [0.717, 1.165) is 15.6 Å². The normalized spacial score (nSPS) is 13.2. The number of rotatable bonds is 2. The summed E-state index contributed by atoms with van der Waals surface area (Å²) < 4.78 is 0. The van der Waals surface area contributed by atoms with Crippen LogP contribution in [0.5, 0.6) is 0 Å². The average Bonchev–Trinajstić information content (AvgIpc) is 1.41. The van der Waals surface area contributed by atoms with E-state index in [0.29, 0.717) is 0 Å². The Balaban J connectivity index is 2.19. The summed E-state index contributed by atoms with van der Waals surface area (Å²) in [5.74, 6) is 1.17. The van der Waals surface area contributed by atoms with Crippen LogP contribution in [0.1, 0.15) is 0 Å². The van der Waals surface area contributed by atoms with Gasteiger partial charge in [-0.15, -0.1) is 0 Å². The summed E-state index contributed by atoms with van der Waals surface area (Å²) in [6.45, 7) is 0. The average molecular weight is 144 g/mol. The Morgan fingerprint density at radius 3 is 1.60 bits per heavy atom. The second-order valence-electron chi connectivity index (χ2n) is 0.493. The lowest BCUT2D eigenvalue weighted by atomic mass is 11.9. The van der Waals surface area contributed by atoms with Gasteiger partial charge in [-0.25, -0.2) is 0 Å². The van der Waals surface area contributed by atoms with Crippen molar-refractivity contribution in [2.24, 2.45) is 0 Å². The molecule has 0 saturated heterocycles. The van der Waals surface area contributed by atoms with Crippen molar-refractivity contribution < 1.29 is 0 Å². The molecule has 4 heteroatoms. The Morgan fingerprint density at radius 2 is 1.60 bits per heavy atom. The summed E-state index contributed by atoms with van der Waals surface area (Å²) in [5.41, 5.74) is 0. The third-order valence-electron chi connectivity index (χ3n) is 0.158. The van der Waals surface area contributed by atoms with E-state index in [-0.39, 0.29) is 0 Å². The SMILES string of the molecule is SPCPS. The predicted octanol–water partition coefficient (Wildman–Crippen LogP) is 1.99. The van der Waals surface area contributed by atoms with E-state index in [1.54, 1.807) is 0 Å². The Labute approximate surface area is 46.4 Å². The van der Waals surface area contributed by atoms with Crippen LogP contribution >= 0.6 is 40.1 Å². The topological polar surface area (TPSA) is 0 Å². The molecule has 32 valence electrons. The quantitative estimate of drug-likeness (QED) is 0.429. The number of hydrogen-bond acceptors (Lipinski definition) is 2. The van der Waals surface area contributed by atoms with Crippen LogP contribution in [0.3, 0.4) is 0 Å². The van der Waals surface area contributed by atoms with Crippen LogP contribution in [-0.4, -0.2) is 5.90 Å². The molecule has 5 heavy (non-hydrogen) atoms. The summed E-state index contributed by atoms with van der Waals surface area (Å²) in [6, 6.07) is 0. The van der Waals surface area contributed by atoms with Gasteiger partial charge in [0.25, 0.3) is 0 Å². The molecule has 0 aromatic carbocycles. The molecule has 0 aliphatic heterocycles. The highest BCUT2D eigenvalue weighted by Gasteiger charge is 1.68. The van der Waals surface area contributed by atoms with Gasteiger partial charge in [-0.05, 0) is 0 Å². The van der Waals surface area contributed by atoms with E-state index in [9.17, 15) is 0 Å². The first kappa shape index (κ1) is 6.56. The highest BCUT2D eigenvalue weighted by atomic mass is 32.7.